The molecule has 0 bridgehead atoms. The van der Waals surface area contributed by atoms with Crippen molar-refractivity contribution in [1.29, 1.82) is 0 Å². The molecule has 0 aromatic heterocycles. The Labute approximate surface area is 312 Å². The van der Waals surface area contributed by atoms with Crippen molar-refractivity contribution in [2.75, 3.05) is 20.3 Å². The van der Waals surface area contributed by atoms with Crippen LogP contribution in [0.25, 0.3) is 12.2 Å². The third kappa shape index (κ3) is 8.57. The molecule has 3 aliphatic rings. The summed E-state index contributed by atoms with van der Waals surface area (Å²) < 4.78 is 38.5. The van der Waals surface area contributed by atoms with Crippen molar-refractivity contribution in [2.45, 2.75) is 67.5 Å². The number of aliphatic hydroxyl groups is 8. The normalized spacial score (nSPS) is 30.5. The molecule has 11 atom stereocenters. The van der Waals surface area contributed by atoms with Crippen LogP contribution in [-0.4, -0.2) is 144 Å². The van der Waals surface area contributed by atoms with Crippen molar-refractivity contribution in [3.05, 3.63) is 83.1 Å². The minimum Gasteiger partial charge on any atom is -0.571 e. The Hall–Kier alpha value is -5.15. The third-order valence-electron chi connectivity index (χ3n) is 9.16. The average Bonchev–Trinajstić information content (AvgIpc) is 3.17. The molecule has 0 aliphatic carbocycles. The van der Waals surface area contributed by atoms with E-state index in [0.29, 0.717) is 11.1 Å². The first-order valence-corrected chi connectivity index (χ1v) is 16.9. The van der Waals surface area contributed by atoms with Gasteiger partial charge in [-0.15, -0.1) is 0 Å². The summed E-state index contributed by atoms with van der Waals surface area (Å²) in [5, 5.41) is 104. The van der Waals surface area contributed by atoms with Crippen molar-refractivity contribution in [1.82, 2.24) is 0 Å². The molecule has 2 fully saturated rings. The molecule has 2 saturated heterocycles. The molecule has 0 radical (unpaired) electrons. The zero-order valence-electron chi connectivity index (χ0n) is 29.0. The predicted molar refractivity (Wildman–Crippen MR) is 185 cm³/mol. The Bertz CT molecular complexity index is 1880. The molecule has 3 heterocycles. The third-order valence-corrected chi connectivity index (χ3v) is 9.16. The summed E-state index contributed by atoms with van der Waals surface area (Å²) in [4.78, 5) is 12.5. The van der Waals surface area contributed by atoms with E-state index >= 15 is 0 Å². The molecule has 1 unspecified atom stereocenters. The van der Waals surface area contributed by atoms with E-state index in [-0.39, 0.29) is 45.8 Å². The molecule has 0 amide bonds. The number of carbonyl (C=O) groups excluding carboxylic acids is 1. The average molecular weight is 774 g/mol. The second kappa shape index (κ2) is 16.7. The van der Waals surface area contributed by atoms with Gasteiger partial charge in [0.15, 0.2) is 17.3 Å². The summed E-state index contributed by atoms with van der Waals surface area (Å²) in [6.07, 6.45) is -14.0. The van der Waals surface area contributed by atoms with E-state index in [0.717, 1.165) is 12.1 Å². The number of phenolic OH excluding ortho intramolecular Hbond substituents is 3. The zero-order valence-corrected chi connectivity index (χ0v) is 29.0. The van der Waals surface area contributed by atoms with Crippen LogP contribution in [0.3, 0.4) is 0 Å². The Morgan fingerprint density at radius 3 is 2.09 bits per heavy atom. The summed E-state index contributed by atoms with van der Waals surface area (Å²) >= 11 is 0. The second-order valence-electron chi connectivity index (χ2n) is 12.9. The molecular weight excluding hydrogens is 732 g/mol. The Morgan fingerprint density at radius 1 is 0.764 bits per heavy atom. The van der Waals surface area contributed by atoms with Crippen LogP contribution in [0.1, 0.15) is 22.8 Å². The Balaban J connectivity index is 1.29. The van der Waals surface area contributed by atoms with Crippen LogP contribution in [0.5, 0.6) is 34.5 Å². The van der Waals surface area contributed by atoms with E-state index in [4.69, 9.17) is 33.2 Å². The van der Waals surface area contributed by atoms with Crippen LogP contribution in [-0.2, 0) is 23.7 Å². The van der Waals surface area contributed by atoms with Gasteiger partial charge in [-0.1, -0.05) is 12.1 Å². The summed E-state index contributed by atoms with van der Waals surface area (Å²) in [6.45, 7) is -1.31. The van der Waals surface area contributed by atoms with Crippen LogP contribution >= 0.6 is 0 Å². The molecular formula is C37H41O18+. The number of ether oxygens (including phenoxy) is 7. The molecule has 296 valence electrons. The molecule has 3 aromatic rings. The molecule has 3 aromatic carbocycles. The van der Waals surface area contributed by atoms with Gasteiger partial charge in [-0.2, -0.15) is 0 Å². The first-order valence-electron chi connectivity index (χ1n) is 16.9. The largest absolute Gasteiger partial charge is 0.571 e. The molecule has 0 saturated carbocycles. The zero-order chi connectivity index (χ0) is 39.6. The fraction of sp³-hybridized carbons (Fsp3) is 0.378. The van der Waals surface area contributed by atoms with Gasteiger partial charge in [-0.05, 0) is 42.0 Å². The molecule has 6 rings (SSSR count). The van der Waals surface area contributed by atoms with Crippen LogP contribution in [0.2, 0.25) is 0 Å². The van der Waals surface area contributed by atoms with Gasteiger partial charge in [0.05, 0.1) is 25.3 Å². The minimum atomic E-state index is -1.86. The van der Waals surface area contributed by atoms with Gasteiger partial charge < -0.3 is 84.2 Å². The van der Waals surface area contributed by atoms with E-state index < -0.39 is 86.7 Å². The summed E-state index contributed by atoms with van der Waals surface area (Å²) in [7, 11) is 1.33. The minimum absolute atomic E-state index is 0.0396. The summed E-state index contributed by atoms with van der Waals surface area (Å²) in [5.41, 5.74) is 1.06. The summed E-state index contributed by atoms with van der Waals surface area (Å²) in [5.74, 6) is -1.41. The first-order chi connectivity index (χ1) is 26.3. The lowest BCUT2D eigenvalue weighted by Gasteiger charge is -2.41. The number of aliphatic hydroxyl groups excluding tert-OH is 7. The highest BCUT2D eigenvalue weighted by atomic mass is 16.7. The fourth-order valence-electron chi connectivity index (χ4n) is 6.11. The van der Waals surface area contributed by atoms with Gasteiger partial charge >= 0.3 is 5.97 Å². The van der Waals surface area contributed by atoms with Gasteiger partial charge in [-0.25, -0.2) is 4.79 Å². The number of hydrogen-bond acceptors (Lipinski definition) is 17. The highest BCUT2D eigenvalue weighted by Gasteiger charge is 2.48. The van der Waals surface area contributed by atoms with Crippen molar-refractivity contribution < 1.29 is 89.0 Å². The van der Waals surface area contributed by atoms with Crippen molar-refractivity contribution in [3.8, 4) is 34.5 Å². The topological polar surface area (TPSA) is 288 Å². The van der Waals surface area contributed by atoms with Gasteiger partial charge in [0.1, 0.15) is 78.3 Å². The Morgan fingerprint density at radius 2 is 1.42 bits per heavy atom. The molecule has 11 N–H and O–H groups in total. The van der Waals surface area contributed by atoms with Crippen molar-refractivity contribution >= 4 is 18.1 Å². The number of rotatable bonds is 11. The maximum absolute atomic E-state index is 12.5. The first kappa shape index (κ1) is 39.5. The number of esters is 1. The smallest absolute Gasteiger partial charge is 0.330 e. The van der Waals surface area contributed by atoms with Gasteiger partial charge in [0.25, 0.3) is 11.9 Å². The number of aromatic hydroxyl groups is 4. The second-order valence-corrected chi connectivity index (χ2v) is 12.9. The SMILES string of the molecule is COc1cc(C2[OH+]c3cc(O)cc(O[C@@H]4O[C@H](CO)[C@@H](O)[C@H](O)[C@@H]4O)c3C=C2O[C@@H]2O[C@H](COC(=O)/C=C/c3ccc(O)cc3)[C@@H](O)[C@H](O)[C@H]2O)ccc1O. The highest BCUT2D eigenvalue weighted by molar-refractivity contribution is 5.87. The molecule has 0 spiro atoms. The quantitative estimate of drug-likeness (QED) is 0.0662. The summed E-state index contributed by atoms with van der Waals surface area (Å²) in [6, 6.07) is 12.7. The highest BCUT2D eigenvalue weighted by Crippen LogP contribution is 2.47. The number of benzene rings is 3. The van der Waals surface area contributed by atoms with E-state index in [1.54, 1.807) is 12.1 Å². The van der Waals surface area contributed by atoms with Gasteiger partial charge in [-0.3, -0.25) is 0 Å². The molecule has 55 heavy (non-hydrogen) atoms. The van der Waals surface area contributed by atoms with Crippen molar-refractivity contribution in [3.63, 3.8) is 0 Å². The standard InChI is InChI=1S/C37H40O18/c1-49-24-10-17(5-8-21(24)41)35-25(13-20-22(51-35)11-19(40)12-23(20)52-36-33(47)31(45)29(43)26(14-38)54-36)53-37-34(48)32(46)30(44)27(55-37)15-50-28(42)9-4-16-2-6-18(39)7-3-16/h2-13,26-27,29-41,43-48H,14-15H2,1H3/p+1/b9-4+/t26-,27-,29-,30-,31+,32+,33+,34-,35?,36-,37-/m1/s1. The van der Waals surface area contributed by atoms with Crippen LogP contribution < -0.4 is 9.47 Å². The number of methoxy groups -OCH3 is 1. The lowest BCUT2D eigenvalue weighted by molar-refractivity contribution is -0.296. The lowest BCUT2D eigenvalue weighted by atomic mass is 9.98. The van der Waals surface area contributed by atoms with Gasteiger partial charge in [0, 0.05) is 18.2 Å². The lowest BCUT2D eigenvalue weighted by Crippen LogP contribution is -2.60. The predicted octanol–water partition coefficient (Wildman–Crippen LogP) is -0.591. The number of phenols is 3. The number of fused-ring (bicyclic) bond motifs is 1. The molecule has 18 nitrogen and oxygen atoms in total. The number of hydrogen-bond donors (Lipinski definition) is 10. The molecule has 3 aliphatic heterocycles. The fourth-order valence-corrected chi connectivity index (χ4v) is 6.11. The van der Waals surface area contributed by atoms with E-state index in [1.807, 2.05) is 0 Å². The van der Waals surface area contributed by atoms with Crippen LogP contribution in [0.4, 0.5) is 0 Å². The maximum Gasteiger partial charge on any atom is 0.330 e. The molecule has 18 heteroatoms. The maximum atomic E-state index is 12.5. The number of carbonyl (C=O) groups is 1. The van der Waals surface area contributed by atoms with Crippen LogP contribution in [0, 0.1) is 0 Å². The van der Waals surface area contributed by atoms with Crippen LogP contribution in [0.15, 0.2) is 66.4 Å². The Kier molecular flexibility index (Phi) is 12.0. The van der Waals surface area contributed by atoms with Crippen molar-refractivity contribution in [2.24, 2.45) is 0 Å². The monoisotopic (exact) mass is 773 g/mol. The van der Waals surface area contributed by atoms with E-state index in [9.17, 15) is 55.9 Å². The van der Waals surface area contributed by atoms with E-state index in [2.05, 4.69) is 0 Å². The van der Waals surface area contributed by atoms with E-state index in [1.165, 1.54) is 55.7 Å². The van der Waals surface area contributed by atoms with Gasteiger partial charge in [0.2, 0.25) is 12.6 Å².